The summed E-state index contributed by atoms with van der Waals surface area (Å²) in [6.07, 6.45) is 1.85. The molecule has 0 unspecified atom stereocenters. The molecule has 1 aromatic heterocycles. The minimum atomic E-state index is -0.660. The lowest BCUT2D eigenvalue weighted by atomic mass is 10.0. The predicted octanol–water partition coefficient (Wildman–Crippen LogP) is 4.99. The zero-order chi connectivity index (χ0) is 23.1. The molecule has 7 nitrogen and oxygen atoms in total. The highest BCUT2D eigenvalue weighted by molar-refractivity contribution is 6.05. The number of hydrogen-bond acceptors (Lipinski definition) is 5. The summed E-state index contributed by atoms with van der Waals surface area (Å²) in [4.78, 5) is 28.6. The van der Waals surface area contributed by atoms with Gasteiger partial charge >= 0.3 is 6.09 Å². The van der Waals surface area contributed by atoms with E-state index in [0.29, 0.717) is 28.9 Å². The molecule has 3 rings (SSSR count). The highest BCUT2D eigenvalue weighted by Gasteiger charge is 2.18. The SMILES string of the molecule is CC[C@H](NC(=O)O[C@@H](C)c1cncc(F)c1)c1ccc(C(=O)Nc2ccccc2N)cc1. The van der Waals surface area contributed by atoms with E-state index < -0.39 is 18.0 Å². The summed E-state index contributed by atoms with van der Waals surface area (Å²) in [6, 6.07) is 14.9. The molecule has 0 aliphatic rings. The molecule has 0 fully saturated rings. The minimum absolute atomic E-state index is 0.285. The van der Waals surface area contributed by atoms with Crippen LogP contribution >= 0.6 is 0 Å². The zero-order valence-corrected chi connectivity index (χ0v) is 17.8. The number of benzene rings is 2. The third kappa shape index (κ3) is 5.81. The van der Waals surface area contributed by atoms with Gasteiger partial charge in [-0.2, -0.15) is 0 Å². The number of rotatable bonds is 7. The first kappa shape index (κ1) is 22.7. The van der Waals surface area contributed by atoms with Crippen LogP contribution in [0, 0.1) is 5.82 Å². The summed E-state index contributed by atoms with van der Waals surface area (Å²) in [5.41, 5.74) is 8.63. The van der Waals surface area contributed by atoms with Crippen LogP contribution in [0.1, 0.15) is 53.9 Å². The summed E-state index contributed by atoms with van der Waals surface area (Å²) in [5.74, 6) is -0.781. The van der Waals surface area contributed by atoms with Crippen molar-refractivity contribution in [2.45, 2.75) is 32.4 Å². The van der Waals surface area contributed by atoms with Crippen LogP contribution in [0.2, 0.25) is 0 Å². The maximum Gasteiger partial charge on any atom is 0.408 e. The average molecular weight is 436 g/mol. The Hall–Kier alpha value is -3.94. The van der Waals surface area contributed by atoms with Gasteiger partial charge in [0, 0.05) is 17.3 Å². The molecule has 8 heteroatoms. The Kier molecular flexibility index (Phi) is 7.38. The number of carbonyl (C=O) groups excluding carboxylic acids is 2. The van der Waals surface area contributed by atoms with Gasteiger partial charge in [0.1, 0.15) is 11.9 Å². The number of amides is 2. The minimum Gasteiger partial charge on any atom is -0.442 e. The number of nitrogen functional groups attached to an aromatic ring is 1. The number of nitrogens with two attached hydrogens (primary N) is 1. The van der Waals surface area contributed by atoms with Crippen molar-refractivity contribution in [1.29, 1.82) is 0 Å². The molecular weight excluding hydrogens is 411 g/mol. The van der Waals surface area contributed by atoms with Gasteiger partial charge < -0.3 is 21.1 Å². The lowest BCUT2D eigenvalue weighted by Crippen LogP contribution is -2.29. The number of para-hydroxylation sites is 2. The van der Waals surface area contributed by atoms with Crippen molar-refractivity contribution in [1.82, 2.24) is 10.3 Å². The number of halogens is 1. The molecule has 2 atom stereocenters. The van der Waals surface area contributed by atoms with Crippen LogP contribution in [-0.4, -0.2) is 17.0 Å². The Bertz CT molecular complexity index is 1090. The number of nitrogens with zero attached hydrogens (tertiary/aromatic N) is 1. The van der Waals surface area contributed by atoms with E-state index in [0.717, 1.165) is 11.8 Å². The highest BCUT2D eigenvalue weighted by Crippen LogP contribution is 2.22. The van der Waals surface area contributed by atoms with Gasteiger partial charge in [0.05, 0.1) is 23.6 Å². The number of aromatic nitrogens is 1. The molecule has 2 aromatic carbocycles. The standard InChI is InChI=1S/C24H25FN4O3/c1-3-21(29-24(31)32-15(2)18-12-19(25)14-27-13-18)16-8-10-17(11-9-16)23(30)28-22-7-5-4-6-20(22)26/h4-15,21H,3,26H2,1-2H3,(H,28,30)(H,29,31)/t15-,21-/m0/s1. The summed E-state index contributed by atoms with van der Waals surface area (Å²) in [5, 5.41) is 5.58. The molecule has 32 heavy (non-hydrogen) atoms. The fourth-order valence-electron chi connectivity index (χ4n) is 3.15. The third-order valence-corrected chi connectivity index (χ3v) is 4.96. The van der Waals surface area contributed by atoms with Crippen LogP contribution in [0.5, 0.6) is 0 Å². The molecule has 4 N–H and O–H groups in total. The molecule has 0 aliphatic carbocycles. The van der Waals surface area contributed by atoms with Crippen molar-refractivity contribution in [2.75, 3.05) is 11.1 Å². The number of nitrogens with one attached hydrogen (secondary N) is 2. The van der Waals surface area contributed by atoms with Gasteiger partial charge in [-0.1, -0.05) is 31.2 Å². The fraction of sp³-hybridized carbons (Fsp3) is 0.208. The van der Waals surface area contributed by atoms with Crippen LogP contribution in [0.15, 0.2) is 67.0 Å². The van der Waals surface area contributed by atoms with Gasteiger partial charge in [-0.25, -0.2) is 9.18 Å². The number of anilines is 2. The van der Waals surface area contributed by atoms with Crippen LogP contribution in [0.25, 0.3) is 0 Å². The van der Waals surface area contributed by atoms with E-state index >= 15 is 0 Å². The van der Waals surface area contributed by atoms with Gasteiger partial charge in [0.2, 0.25) is 0 Å². The molecule has 166 valence electrons. The lowest BCUT2D eigenvalue weighted by molar-refractivity contribution is 0.101. The number of alkyl carbamates (subject to hydrolysis) is 1. The average Bonchev–Trinajstić information content (AvgIpc) is 2.79. The molecule has 0 bridgehead atoms. The highest BCUT2D eigenvalue weighted by atomic mass is 19.1. The molecule has 2 amide bonds. The third-order valence-electron chi connectivity index (χ3n) is 4.96. The van der Waals surface area contributed by atoms with Crippen molar-refractivity contribution in [3.05, 3.63) is 89.5 Å². The fourth-order valence-corrected chi connectivity index (χ4v) is 3.15. The quantitative estimate of drug-likeness (QED) is 0.452. The van der Waals surface area contributed by atoms with E-state index in [1.807, 2.05) is 6.92 Å². The smallest absolute Gasteiger partial charge is 0.408 e. The Morgan fingerprint density at radius 1 is 1.09 bits per heavy atom. The second-order valence-electron chi connectivity index (χ2n) is 7.25. The number of carbonyl (C=O) groups is 2. The van der Waals surface area contributed by atoms with Gasteiger partial charge in [-0.15, -0.1) is 0 Å². The molecule has 0 saturated heterocycles. The molecule has 0 saturated carbocycles. The summed E-state index contributed by atoms with van der Waals surface area (Å²) >= 11 is 0. The molecular formula is C24H25FN4O3. The molecule has 1 heterocycles. The summed E-state index contributed by atoms with van der Waals surface area (Å²) in [6.45, 7) is 3.56. The van der Waals surface area contributed by atoms with E-state index in [2.05, 4.69) is 15.6 Å². The second kappa shape index (κ2) is 10.4. The molecule has 0 aliphatic heterocycles. The number of pyridine rings is 1. The number of ether oxygens (including phenoxy) is 1. The Morgan fingerprint density at radius 2 is 1.81 bits per heavy atom. The Balaban J connectivity index is 1.61. The first-order valence-corrected chi connectivity index (χ1v) is 10.2. The molecule has 0 radical (unpaired) electrons. The van der Waals surface area contributed by atoms with E-state index in [4.69, 9.17) is 10.5 Å². The second-order valence-corrected chi connectivity index (χ2v) is 7.25. The Morgan fingerprint density at radius 3 is 2.47 bits per heavy atom. The Labute approximate surface area is 185 Å². The van der Waals surface area contributed by atoms with Crippen LogP contribution in [0.4, 0.5) is 20.6 Å². The maximum absolute atomic E-state index is 13.3. The van der Waals surface area contributed by atoms with Crippen molar-refractivity contribution >= 4 is 23.4 Å². The first-order chi connectivity index (χ1) is 15.4. The van der Waals surface area contributed by atoms with Crippen molar-refractivity contribution < 1.29 is 18.7 Å². The first-order valence-electron chi connectivity index (χ1n) is 10.2. The van der Waals surface area contributed by atoms with Gasteiger partial charge in [-0.3, -0.25) is 9.78 Å². The monoisotopic (exact) mass is 436 g/mol. The van der Waals surface area contributed by atoms with E-state index in [-0.39, 0.29) is 11.9 Å². The molecule has 3 aromatic rings. The van der Waals surface area contributed by atoms with Crippen LogP contribution in [-0.2, 0) is 4.74 Å². The number of hydrogen-bond donors (Lipinski definition) is 3. The van der Waals surface area contributed by atoms with Crippen molar-refractivity contribution in [3.63, 3.8) is 0 Å². The summed E-state index contributed by atoms with van der Waals surface area (Å²) < 4.78 is 18.7. The predicted molar refractivity (Wildman–Crippen MR) is 121 cm³/mol. The lowest BCUT2D eigenvalue weighted by Gasteiger charge is -2.20. The van der Waals surface area contributed by atoms with E-state index in [1.165, 1.54) is 12.3 Å². The largest absolute Gasteiger partial charge is 0.442 e. The van der Waals surface area contributed by atoms with Crippen molar-refractivity contribution in [3.8, 4) is 0 Å². The van der Waals surface area contributed by atoms with Gasteiger partial charge in [-0.05, 0) is 49.2 Å². The maximum atomic E-state index is 13.3. The van der Waals surface area contributed by atoms with Crippen LogP contribution < -0.4 is 16.4 Å². The van der Waals surface area contributed by atoms with Gasteiger partial charge in [0.15, 0.2) is 0 Å². The normalized spacial score (nSPS) is 12.5. The van der Waals surface area contributed by atoms with Crippen LogP contribution in [0.3, 0.4) is 0 Å². The topological polar surface area (TPSA) is 106 Å². The van der Waals surface area contributed by atoms with Crippen molar-refractivity contribution in [2.24, 2.45) is 0 Å². The summed E-state index contributed by atoms with van der Waals surface area (Å²) in [7, 11) is 0. The zero-order valence-electron chi connectivity index (χ0n) is 17.8. The van der Waals surface area contributed by atoms with E-state index in [1.54, 1.807) is 55.5 Å². The van der Waals surface area contributed by atoms with E-state index in [9.17, 15) is 14.0 Å². The van der Waals surface area contributed by atoms with Gasteiger partial charge in [0.25, 0.3) is 5.91 Å². The molecule has 0 spiro atoms.